The fourth-order valence-electron chi connectivity index (χ4n) is 2.67. The van der Waals surface area contributed by atoms with Gasteiger partial charge in [0.15, 0.2) is 0 Å². The Morgan fingerprint density at radius 3 is 3.10 bits per heavy atom. The molecule has 2 atom stereocenters. The van der Waals surface area contributed by atoms with Crippen LogP contribution in [0.3, 0.4) is 0 Å². The molecule has 112 valence electrons. The number of carbonyl (C=O) groups excluding carboxylic acids is 1. The van der Waals surface area contributed by atoms with Gasteiger partial charge in [0.2, 0.25) is 5.91 Å². The molecule has 1 amide bonds. The van der Waals surface area contributed by atoms with Gasteiger partial charge in [0.1, 0.15) is 12.7 Å². The fourth-order valence-corrected chi connectivity index (χ4v) is 2.67. The average molecular weight is 279 g/mol. The molecule has 1 aromatic rings. The molecule has 1 N–H and O–H groups in total. The van der Waals surface area contributed by atoms with Crippen molar-refractivity contribution in [3.63, 3.8) is 0 Å². The van der Waals surface area contributed by atoms with Crippen molar-refractivity contribution in [2.75, 3.05) is 19.6 Å². The number of nitrogens with one attached hydrogen (secondary N) is 1. The smallest absolute Gasteiger partial charge is 0.221 e. The molecule has 1 aliphatic rings. The Kier molecular flexibility index (Phi) is 5.52. The van der Waals surface area contributed by atoms with Crippen LogP contribution in [0.15, 0.2) is 12.7 Å². The van der Waals surface area contributed by atoms with Gasteiger partial charge in [0, 0.05) is 25.6 Å². The van der Waals surface area contributed by atoms with E-state index >= 15 is 0 Å². The van der Waals surface area contributed by atoms with Crippen molar-refractivity contribution in [3.05, 3.63) is 12.7 Å². The molecular formula is C14H25N5O. The first kappa shape index (κ1) is 15.0. The summed E-state index contributed by atoms with van der Waals surface area (Å²) in [6.07, 6.45) is 6.16. The number of carbonyl (C=O) groups is 1. The first-order valence-corrected chi connectivity index (χ1v) is 7.48. The van der Waals surface area contributed by atoms with Crippen LogP contribution in [0.25, 0.3) is 0 Å². The van der Waals surface area contributed by atoms with E-state index in [-0.39, 0.29) is 5.91 Å². The highest BCUT2D eigenvalue weighted by Gasteiger charge is 2.20. The second-order valence-corrected chi connectivity index (χ2v) is 5.80. The van der Waals surface area contributed by atoms with E-state index in [9.17, 15) is 4.79 Å². The van der Waals surface area contributed by atoms with Crippen molar-refractivity contribution in [2.45, 2.75) is 45.7 Å². The molecule has 2 unspecified atom stereocenters. The molecule has 6 nitrogen and oxygen atoms in total. The highest BCUT2D eigenvalue weighted by atomic mass is 16.1. The lowest BCUT2D eigenvalue weighted by atomic mass is 9.99. The maximum Gasteiger partial charge on any atom is 0.221 e. The van der Waals surface area contributed by atoms with E-state index in [1.165, 1.54) is 19.2 Å². The SMILES string of the molecule is CC1CCCN(C(C)CNC(=O)CCn2cncn2)C1. The van der Waals surface area contributed by atoms with Crippen LogP contribution in [0.4, 0.5) is 0 Å². The van der Waals surface area contributed by atoms with E-state index < -0.39 is 0 Å². The monoisotopic (exact) mass is 279 g/mol. The van der Waals surface area contributed by atoms with E-state index in [0.717, 1.165) is 25.6 Å². The van der Waals surface area contributed by atoms with Gasteiger partial charge in [-0.1, -0.05) is 6.92 Å². The van der Waals surface area contributed by atoms with Gasteiger partial charge in [-0.25, -0.2) is 4.98 Å². The minimum atomic E-state index is 0.0809. The molecule has 1 aliphatic heterocycles. The molecule has 0 saturated carbocycles. The van der Waals surface area contributed by atoms with Gasteiger partial charge in [-0.3, -0.25) is 14.4 Å². The summed E-state index contributed by atoms with van der Waals surface area (Å²) in [5.41, 5.74) is 0. The molecular weight excluding hydrogens is 254 g/mol. The lowest BCUT2D eigenvalue weighted by Gasteiger charge is -2.35. The third kappa shape index (κ3) is 4.59. The summed E-state index contributed by atoms with van der Waals surface area (Å²) in [4.78, 5) is 18.1. The lowest BCUT2D eigenvalue weighted by Crippen LogP contribution is -2.46. The molecule has 0 bridgehead atoms. The molecule has 20 heavy (non-hydrogen) atoms. The summed E-state index contributed by atoms with van der Waals surface area (Å²) >= 11 is 0. The van der Waals surface area contributed by atoms with Crippen molar-refractivity contribution in [3.8, 4) is 0 Å². The van der Waals surface area contributed by atoms with E-state index in [2.05, 4.69) is 34.1 Å². The van der Waals surface area contributed by atoms with Gasteiger partial charge in [0.05, 0.1) is 6.54 Å². The van der Waals surface area contributed by atoms with Gasteiger partial charge >= 0.3 is 0 Å². The number of nitrogens with zero attached hydrogens (tertiary/aromatic N) is 4. The van der Waals surface area contributed by atoms with Crippen LogP contribution in [0.1, 0.15) is 33.1 Å². The molecule has 1 aromatic heterocycles. The first-order valence-electron chi connectivity index (χ1n) is 7.48. The Balaban J connectivity index is 1.64. The Labute approximate surface area is 120 Å². The van der Waals surface area contributed by atoms with Crippen LogP contribution in [0.2, 0.25) is 0 Å². The van der Waals surface area contributed by atoms with Crippen LogP contribution in [-0.4, -0.2) is 51.2 Å². The zero-order valence-electron chi connectivity index (χ0n) is 12.5. The van der Waals surface area contributed by atoms with Crippen LogP contribution in [-0.2, 0) is 11.3 Å². The van der Waals surface area contributed by atoms with Crippen molar-refractivity contribution in [2.24, 2.45) is 5.92 Å². The highest BCUT2D eigenvalue weighted by Crippen LogP contribution is 2.17. The molecule has 2 heterocycles. The minimum Gasteiger partial charge on any atom is -0.354 e. The Morgan fingerprint density at radius 1 is 1.55 bits per heavy atom. The van der Waals surface area contributed by atoms with Crippen molar-refractivity contribution in [1.29, 1.82) is 0 Å². The average Bonchev–Trinajstić information content (AvgIpc) is 2.95. The van der Waals surface area contributed by atoms with Gasteiger partial charge < -0.3 is 5.32 Å². The second-order valence-electron chi connectivity index (χ2n) is 5.80. The largest absolute Gasteiger partial charge is 0.354 e. The lowest BCUT2D eigenvalue weighted by molar-refractivity contribution is -0.121. The zero-order valence-corrected chi connectivity index (χ0v) is 12.5. The number of likely N-dealkylation sites (tertiary alicyclic amines) is 1. The predicted molar refractivity (Wildman–Crippen MR) is 77.1 cm³/mol. The maximum absolute atomic E-state index is 11.8. The molecule has 1 saturated heterocycles. The van der Waals surface area contributed by atoms with Crippen LogP contribution in [0.5, 0.6) is 0 Å². The molecule has 0 spiro atoms. The molecule has 6 heteroatoms. The van der Waals surface area contributed by atoms with Crippen LogP contribution in [0, 0.1) is 5.92 Å². The minimum absolute atomic E-state index is 0.0809. The summed E-state index contributed by atoms with van der Waals surface area (Å²) in [7, 11) is 0. The maximum atomic E-state index is 11.8. The van der Waals surface area contributed by atoms with Crippen molar-refractivity contribution >= 4 is 5.91 Å². The van der Waals surface area contributed by atoms with E-state index in [4.69, 9.17) is 0 Å². The van der Waals surface area contributed by atoms with Gasteiger partial charge in [-0.15, -0.1) is 0 Å². The Bertz CT molecular complexity index is 406. The van der Waals surface area contributed by atoms with Crippen LogP contribution >= 0.6 is 0 Å². The number of hydrogen-bond acceptors (Lipinski definition) is 4. The third-order valence-electron chi connectivity index (χ3n) is 3.94. The topological polar surface area (TPSA) is 63.1 Å². The van der Waals surface area contributed by atoms with E-state index in [1.54, 1.807) is 11.0 Å². The summed E-state index contributed by atoms with van der Waals surface area (Å²) in [5.74, 6) is 0.853. The van der Waals surface area contributed by atoms with Gasteiger partial charge in [-0.2, -0.15) is 5.10 Å². The molecule has 0 radical (unpaired) electrons. The molecule has 2 rings (SSSR count). The summed E-state index contributed by atoms with van der Waals surface area (Å²) in [6, 6.07) is 0.410. The Morgan fingerprint density at radius 2 is 2.40 bits per heavy atom. The Hall–Kier alpha value is -1.43. The standard InChI is InChI=1S/C14H25N5O/c1-12-4-3-6-18(9-12)13(2)8-16-14(20)5-7-19-11-15-10-17-19/h10-13H,3-9H2,1-2H3,(H,16,20). The number of rotatable bonds is 6. The van der Waals surface area contributed by atoms with Gasteiger partial charge in [0.25, 0.3) is 0 Å². The second kappa shape index (κ2) is 7.38. The molecule has 1 fully saturated rings. The summed E-state index contributed by atoms with van der Waals surface area (Å²) in [5, 5.41) is 7.00. The van der Waals surface area contributed by atoms with Crippen molar-refractivity contribution in [1.82, 2.24) is 25.0 Å². The zero-order chi connectivity index (χ0) is 14.4. The number of aromatic nitrogens is 3. The normalized spacial score (nSPS) is 21.6. The van der Waals surface area contributed by atoms with Crippen LogP contribution < -0.4 is 5.32 Å². The van der Waals surface area contributed by atoms with Crippen molar-refractivity contribution < 1.29 is 4.79 Å². The quantitative estimate of drug-likeness (QED) is 0.840. The molecule has 0 aliphatic carbocycles. The number of piperidine rings is 1. The third-order valence-corrected chi connectivity index (χ3v) is 3.94. The number of aryl methyl sites for hydroxylation is 1. The summed E-state index contributed by atoms with van der Waals surface area (Å²) in [6.45, 7) is 8.10. The number of hydrogen-bond donors (Lipinski definition) is 1. The van der Waals surface area contributed by atoms with E-state index in [1.807, 2.05) is 0 Å². The predicted octanol–water partition coefficient (Wildman–Crippen LogP) is 0.905. The number of amides is 1. The fraction of sp³-hybridized carbons (Fsp3) is 0.786. The first-order chi connectivity index (χ1) is 9.65. The van der Waals surface area contributed by atoms with Gasteiger partial charge in [-0.05, 0) is 32.2 Å². The molecule has 0 aromatic carbocycles. The highest BCUT2D eigenvalue weighted by molar-refractivity contribution is 5.75. The van der Waals surface area contributed by atoms with E-state index in [0.29, 0.717) is 19.0 Å². The summed E-state index contributed by atoms with van der Waals surface area (Å²) < 4.78 is 1.68.